The number of carbonyl (C=O) groups excluding carboxylic acids is 2. The van der Waals surface area contributed by atoms with Gasteiger partial charge in [0.2, 0.25) is 5.24 Å². The van der Waals surface area contributed by atoms with E-state index in [1.54, 1.807) is 0 Å². The summed E-state index contributed by atoms with van der Waals surface area (Å²) in [6.45, 7) is 0. The van der Waals surface area contributed by atoms with Crippen LogP contribution < -0.4 is 0 Å². The molecule has 0 atom stereocenters. The molecule has 0 aliphatic heterocycles. The lowest BCUT2D eigenvalue weighted by Crippen LogP contribution is -1.99. The Morgan fingerprint density at radius 1 is 0.875 bits per heavy atom. The average molecular weight is 249 g/mol. The zero-order chi connectivity index (χ0) is 12.2. The highest BCUT2D eigenvalue weighted by molar-refractivity contribution is 6.63. The van der Waals surface area contributed by atoms with Crippen molar-refractivity contribution in [3.05, 3.63) is 0 Å². The van der Waals surface area contributed by atoms with E-state index < -0.39 is 0 Å². The van der Waals surface area contributed by atoms with Crippen molar-refractivity contribution in [1.29, 1.82) is 0 Å². The van der Waals surface area contributed by atoms with E-state index in [0.717, 1.165) is 44.9 Å². The predicted octanol–water partition coefficient (Wildman–Crippen LogP) is 3.44. The average Bonchev–Trinajstić information content (AvgIpc) is 2.26. The van der Waals surface area contributed by atoms with Crippen molar-refractivity contribution in [3.63, 3.8) is 0 Å². The maximum atomic E-state index is 10.8. The van der Waals surface area contributed by atoms with E-state index in [2.05, 4.69) is 4.74 Å². The molecule has 0 saturated heterocycles. The maximum Gasteiger partial charge on any atom is 0.305 e. The van der Waals surface area contributed by atoms with Crippen LogP contribution >= 0.6 is 11.6 Å². The van der Waals surface area contributed by atoms with Crippen LogP contribution in [-0.4, -0.2) is 18.3 Å². The number of rotatable bonds is 10. The van der Waals surface area contributed by atoms with Crippen LogP contribution in [0.25, 0.3) is 0 Å². The van der Waals surface area contributed by atoms with Crippen molar-refractivity contribution in [1.82, 2.24) is 0 Å². The second kappa shape index (κ2) is 10.9. The van der Waals surface area contributed by atoms with Gasteiger partial charge in [0.25, 0.3) is 0 Å². The summed E-state index contributed by atoms with van der Waals surface area (Å²) in [7, 11) is 1.42. The fraction of sp³-hybridized carbons (Fsp3) is 0.833. The fourth-order valence-corrected chi connectivity index (χ4v) is 1.65. The van der Waals surface area contributed by atoms with E-state index in [4.69, 9.17) is 11.6 Å². The Morgan fingerprint density at radius 3 is 1.75 bits per heavy atom. The molecule has 0 saturated carbocycles. The monoisotopic (exact) mass is 248 g/mol. The molecule has 0 spiro atoms. The third-order valence-electron chi connectivity index (χ3n) is 2.48. The van der Waals surface area contributed by atoms with Gasteiger partial charge in [-0.2, -0.15) is 0 Å². The summed E-state index contributed by atoms with van der Waals surface area (Å²) in [5.41, 5.74) is 0. The molecular formula is C12H21ClO3. The predicted molar refractivity (Wildman–Crippen MR) is 64.4 cm³/mol. The first-order valence-corrected chi connectivity index (χ1v) is 6.29. The minimum atomic E-state index is -0.238. The van der Waals surface area contributed by atoms with Gasteiger partial charge in [0.15, 0.2) is 0 Å². The van der Waals surface area contributed by atoms with Crippen molar-refractivity contribution in [2.75, 3.05) is 7.11 Å². The molecule has 0 aromatic carbocycles. The third-order valence-corrected chi connectivity index (χ3v) is 2.67. The molecule has 0 N–H and O–H groups in total. The van der Waals surface area contributed by atoms with Crippen LogP contribution in [0.5, 0.6) is 0 Å². The second-order valence-corrected chi connectivity index (χ2v) is 4.33. The lowest BCUT2D eigenvalue weighted by atomic mass is 10.1. The summed E-state index contributed by atoms with van der Waals surface area (Å²) < 4.78 is 4.55. The Balaban J connectivity index is 3.04. The van der Waals surface area contributed by atoms with Crippen molar-refractivity contribution in [2.24, 2.45) is 0 Å². The highest BCUT2D eigenvalue weighted by atomic mass is 35.5. The molecule has 0 fully saturated rings. The van der Waals surface area contributed by atoms with Gasteiger partial charge >= 0.3 is 5.97 Å². The van der Waals surface area contributed by atoms with E-state index in [9.17, 15) is 9.59 Å². The van der Waals surface area contributed by atoms with Crippen molar-refractivity contribution >= 4 is 22.8 Å². The Labute approximate surface area is 102 Å². The van der Waals surface area contributed by atoms with Gasteiger partial charge < -0.3 is 4.74 Å². The number of carbonyl (C=O) groups is 2. The number of methoxy groups -OCH3 is 1. The van der Waals surface area contributed by atoms with E-state index in [-0.39, 0.29) is 11.2 Å². The first-order valence-electron chi connectivity index (χ1n) is 5.92. The second-order valence-electron chi connectivity index (χ2n) is 3.91. The van der Waals surface area contributed by atoms with Gasteiger partial charge in [0.05, 0.1) is 7.11 Å². The normalized spacial score (nSPS) is 10.1. The van der Waals surface area contributed by atoms with Crippen LogP contribution in [0.2, 0.25) is 0 Å². The molecule has 0 aromatic rings. The molecule has 0 aromatic heterocycles. The molecular weight excluding hydrogens is 228 g/mol. The Kier molecular flexibility index (Phi) is 10.5. The standard InChI is InChI=1S/C12H21ClO3/c1-16-12(15)10-8-6-4-2-3-5-7-9-11(13)14/h2-10H2,1H3. The highest BCUT2D eigenvalue weighted by Gasteiger charge is 1.99. The molecule has 94 valence electrons. The van der Waals surface area contributed by atoms with Gasteiger partial charge in [0.1, 0.15) is 0 Å². The topological polar surface area (TPSA) is 43.4 Å². The zero-order valence-corrected chi connectivity index (χ0v) is 10.7. The fourth-order valence-electron chi connectivity index (χ4n) is 1.52. The highest BCUT2D eigenvalue weighted by Crippen LogP contribution is 2.10. The molecule has 0 radical (unpaired) electrons. The first-order chi connectivity index (χ1) is 7.66. The van der Waals surface area contributed by atoms with Crippen LogP contribution in [0.1, 0.15) is 57.8 Å². The molecule has 0 bridgehead atoms. The summed E-state index contributed by atoms with van der Waals surface area (Å²) in [5, 5.41) is -0.238. The summed E-state index contributed by atoms with van der Waals surface area (Å²) in [6, 6.07) is 0. The number of ether oxygens (including phenoxy) is 1. The van der Waals surface area contributed by atoms with Crippen molar-refractivity contribution < 1.29 is 14.3 Å². The molecule has 4 heteroatoms. The molecule has 16 heavy (non-hydrogen) atoms. The summed E-state index contributed by atoms with van der Waals surface area (Å²) >= 11 is 5.22. The van der Waals surface area contributed by atoms with Gasteiger partial charge in [-0.05, 0) is 24.4 Å². The number of esters is 1. The van der Waals surface area contributed by atoms with E-state index in [1.807, 2.05) is 0 Å². The van der Waals surface area contributed by atoms with E-state index >= 15 is 0 Å². The molecule has 0 aliphatic carbocycles. The largest absolute Gasteiger partial charge is 0.469 e. The molecule has 0 heterocycles. The van der Waals surface area contributed by atoms with Crippen LogP contribution in [0.3, 0.4) is 0 Å². The van der Waals surface area contributed by atoms with Crippen LogP contribution in [0.15, 0.2) is 0 Å². The maximum absolute atomic E-state index is 10.8. The summed E-state index contributed by atoms with van der Waals surface area (Å²) in [4.78, 5) is 21.2. The SMILES string of the molecule is COC(=O)CCCCCCCCCC(=O)Cl. The van der Waals surface area contributed by atoms with Gasteiger partial charge in [-0.1, -0.05) is 32.1 Å². The van der Waals surface area contributed by atoms with Crippen LogP contribution in [0, 0.1) is 0 Å². The Bertz CT molecular complexity index is 204. The summed E-state index contributed by atoms with van der Waals surface area (Å²) in [6.07, 6.45) is 8.41. The molecule has 0 rings (SSSR count). The van der Waals surface area contributed by atoms with Crippen LogP contribution in [-0.2, 0) is 14.3 Å². The smallest absolute Gasteiger partial charge is 0.305 e. The molecule has 0 unspecified atom stereocenters. The van der Waals surface area contributed by atoms with Gasteiger partial charge in [-0.15, -0.1) is 0 Å². The van der Waals surface area contributed by atoms with E-state index in [0.29, 0.717) is 12.8 Å². The Hall–Kier alpha value is -0.570. The molecule has 0 amide bonds. The van der Waals surface area contributed by atoms with Gasteiger partial charge in [-0.3, -0.25) is 9.59 Å². The third kappa shape index (κ3) is 11.5. The van der Waals surface area contributed by atoms with Gasteiger partial charge in [0, 0.05) is 12.8 Å². The summed E-state index contributed by atoms with van der Waals surface area (Å²) in [5.74, 6) is -0.124. The molecule has 3 nitrogen and oxygen atoms in total. The number of hydrogen-bond donors (Lipinski definition) is 0. The lowest BCUT2D eigenvalue weighted by Gasteiger charge is -2.01. The number of hydrogen-bond acceptors (Lipinski definition) is 3. The minimum absolute atomic E-state index is 0.124. The quantitative estimate of drug-likeness (QED) is 0.338. The minimum Gasteiger partial charge on any atom is -0.469 e. The number of unbranched alkanes of at least 4 members (excludes halogenated alkanes) is 6. The molecule has 0 aliphatic rings. The van der Waals surface area contributed by atoms with Crippen LogP contribution in [0.4, 0.5) is 0 Å². The number of halogens is 1. The van der Waals surface area contributed by atoms with Gasteiger partial charge in [-0.25, -0.2) is 0 Å². The first kappa shape index (κ1) is 15.4. The van der Waals surface area contributed by atoms with Crippen molar-refractivity contribution in [2.45, 2.75) is 57.8 Å². The van der Waals surface area contributed by atoms with Crippen molar-refractivity contribution in [3.8, 4) is 0 Å². The van der Waals surface area contributed by atoms with E-state index in [1.165, 1.54) is 7.11 Å². The Morgan fingerprint density at radius 2 is 1.31 bits per heavy atom. The zero-order valence-electron chi connectivity index (χ0n) is 9.97. The lowest BCUT2D eigenvalue weighted by molar-refractivity contribution is -0.140.